The van der Waals surface area contributed by atoms with Crippen LogP contribution in [0.4, 0.5) is 11.5 Å². The molecule has 5 heteroatoms. The number of nitrogens with zero attached hydrogens (tertiary/aromatic N) is 3. The van der Waals surface area contributed by atoms with Gasteiger partial charge in [0.1, 0.15) is 11.6 Å². The minimum absolute atomic E-state index is 0.717. The third kappa shape index (κ3) is 2.50. The molecule has 2 aromatic rings. The van der Waals surface area contributed by atoms with Gasteiger partial charge in [0.25, 0.3) is 0 Å². The van der Waals surface area contributed by atoms with Crippen molar-refractivity contribution in [3.63, 3.8) is 0 Å². The minimum atomic E-state index is 0.717. The molecule has 2 rings (SSSR count). The van der Waals surface area contributed by atoms with Gasteiger partial charge in [-0.2, -0.15) is 0 Å². The fourth-order valence-corrected chi connectivity index (χ4v) is 1.48. The molecular weight excluding hydrogens is 202 g/mol. The lowest BCUT2D eigenvalue weighted by Gasteiger charge is -2.05. The first-order chi connectivity index (χ1) is 7.75. The topological polar surface area (TPSA) is 68.8 Å². The van der Waals surface area contributed by atoms with E-state index in [9.17, 15) is 0 Å². The summed E-state index contributed by atoms with van der Waals surface area (Å²) in [6.07, 6.45) is 6.29. The number of imidazole rings is 1. The molecule has 0 amide bonds. The zero-order valence-electron chi connectivity index (χ0n) is 9.22. The lowest BCUT2D eigenvalue weighted by Crippen LogP contribution is -2.09. The minimum Gasteiger partial charge on any atom is -0.399 e. The van der Waals surface area contributed by atoms with Crippen molar-refractivity contribution in [2.24, 2.45) is 7.05 Å². The smallest absolute Gasteiger partial charge is 0.127 e. The number of hydrogen-bond donors (Lipinski definition) is 2. The molecule has 0 fully saturated rings. The Balaban J connectivity index is 1.87. The molecule has 3 N–H and O–H groups in total. The fraction of sp³-hybridized carbons (Fsp3) is 0.273. The lowest BCUT2D eigenvalue weighted by atomic mass is 10.3. The Hall–Kier alpha value is -2.04. The molecule has 0 saturated heterocycles. The Morgan fingerprint density at radius 3 is 2.94 bits per heavy atom. The molecule has 0 atom stereocenters. The van der Waals surface area contributed by atoms with Crippen molar-refractivity contribution in [3.05, 3.63) is 36.5 Å². The van der Waals surface area contributed by atoms with Gasteiger partial charge in [0.05, 0.1) is 0 Å². The summed E-state index contributed by atoms with van der Waals surface area (Å²) in [5.41, 5.74) is 6.37. The Bertz CT molecular complexity index is 463. The molecule has 0 saturated carbocycles. The van der Waals surface area contributed by atoms with E-state index < -0.39 is 0 Å². The summed E-state index contributed by atoms with van der Waals surface area (Å²) in [4.78, 5) is 8.40. The van der Waals surface area contributed by atoms with Crippen molar-refractivity contribution in [2.45, 2.75) is 6.42 Å². The summed E-state index contributed by atoms with van der Waals surface area (Å²) < 4.78 is 2.01. The molecule has 5 nitrogen and oxygen atoms in total. The number of nitrogen functional groups attached to an aromatic ring is 1. The Labute approximate surface area is 94.3 Å². The van der Waals surface area contributed by atoms with Crippen molar-refractivity contribution in [2.75, 3.05) is 17.6 Å². The van der Waals surface area contributed by atoms with Crippen molar-refractivity contribution in [1.82, 2.24) is 14.5 Å². The van der Waals surface area contributed by atoms with E-state index in [4.69, 9.17) is 5.73 Å². The third-order valence-corrected chi connectivity index (χ3v) is 2.36. The molecule has 0 aliphatic carbocycles. The van der Waals surface area contributed by atoms with Crippen LogP contribution in [0, 0.1) is 0 Å². The monoisotopic (exact) mass is 217 g/mol. The van der Waals surface area contributed by atoms with Gasteiger partial charge in [-0.05, 0) is 6.07 Å². The number of aryl methyl sites for hydroxylation is 1. The molecule has 84 valence electrons. The molecule has 0 bridgehead atoms. The van der Waals surface area contributed by atoms with Gasteiger partial charge in [-0.25, -0.2) is 9.97 Å². The van der Waals surface area contributed by atoms with Crippen LogP contribution in [0.25, 0.3) is 0 Å². The highest BCUT2D eigenvalue weighted by Gasteiger charge is 1.99. The summed E-state index contributed by atoms with van der Waals surface area (Å²) >= 11 is 0. The summed E-state index contributed by atoms with van der Waals surface area (Å²) in [5, 5.41) is 3.21. The average Bonchev–Trinajstić information content (AvgIpc) is 2.65. The molecule has 0 aliphatic heterocycles. The molecule has 2 heterocycles. The van der Waals surface area contributed by atoms with Crippen molar-refractivity contribution < 1.29 is 0 Å². The fourth-order valence-electron chi connectivity index (χ4n) is 1.48. The van der Waals surface area contributed by atoms with Crippen LogP contribution in [0.3, 0.4) is 0 Å². The van der Waals surface area contributed by atoms with E-state index in [0.29, 0.717) is 0 Å². The maximum Gasteiger partial charge on any atom is 0.127 e. The van der Waals surface area contributed by atoms with Gasteiger partial charge >= 0.3 is 0 Å². The van der Waals surface area contributed by atoms with E-state index in [2.05, 4.69) is 15.3 Å². The van der Waals surface area contributed by atoms with Crippen LogP contribution < -0.4 is 11.1 Å². The van der Waals surface area contributed by atoms with E-state index in [1.807, 2.05) is 23.9 Å². The Morgan fingerprint density at radius 1 is 1.38 bits per heavy atom. The second kappa shape index (κ2) is 4.65. The van der Waals surface area contributed by atoms with Crippen LogP contribution in [-0.2, 0) is 13.5 Å². The number of nitrogens with two attached hydrogens (primary N) is 1. The Kier molecular flexibility index (Phi) is 3.05. The highest BCUT2D eigenvalue weighted by molar-refractivity contribution is 5.48. The first-order valence-electron chi connectivity index (χ1n) is 5.17. The first-order valence-corrected chi connectivity index (χ1v) is 5.17. The molecule has 0 radical (unpaired) electrons. The largest absolute Gasteiger partial charge is 0.399 e. The predicted molar refractivity (Wildman–Crippen MR) is 64.1 cm³/mol. The van der Waals surface area contributed by atoms with E-state index in [1.165, 1.54) is 0 Å². The zero-order chi connectivity index (χ0) is 11.4. The maximum absolute atomic E-state index is 5.65. The van der Waals surface area contributed by atoms with Crippen LogP contribution in [0.1, 0.15) is 5.82 Å². The van der Waals surface area contributed by atoms with Crippen molar-refractivity contribution in [3.8, 4) is 0 Å². The number of hydrogen-bond acceptors (Lipinski definition) is 4. The highest BCUT2D eigenvalue weighted by Crippen LogP contribution is 2.07. The van der Waals surface area contributed by atoms with Gasteiger partial charge in [-0.3, -0.25) is 0 Å². The van der Waals surface area contributed by atoms with E-state index in [-0.39, 0.29) is 0 Å². The molecule has 0 unspecified atom stereocenters. The van der Waals surface area contributed by atoms with Crippen LogP contribution in [-0.4, -0.2) is 21.1 Å². The van der Waals surface area contributed by atoms with Crippen molar-refractivity contribution >= 4 is 11.5 Å². The van der Waals surface area contributed by atoms with Gasteiger partial charge in [0.2, 0.25) is 0 Å². The van der Waals surface area contributed by atoms with E-state index >= 15 is 0 Å². The average molecular weight is 217 g/mol. The molecule has 0 aliphatic rings. The summed E-state index contributed by atoms with van der Waals surface area (Å²) in [6.45, 7) is 0.793. The highest BCUT2D eigenvalue weighted by atomic mass is 15.0. The van der Waals surface area contributed by atoms with Gasteiger partial charge in [-0.1, -0.05) is 0 Å². The summed E-state index contributed by atoms with van der Waals surface area (Å²) in [6, 6.07) is 3.59. The van der Waals surface area contributed by atoms with E-state index in [1.54, 1.807) is 18.5 Å². The standard InChI is InChI=1S/C11H15N5/c1-16-7-6-15-11(16)3-5-14-10-8-9(12)2-4-13-10/h2,4,6-8H,3,5H2,1H3,(H3,12,13,14). The third-order valence-electron chi connectivity index (χ3n) is 2.36. The molecule has 0 spiro atoms. The summed E-state index contributed by atoms with van der Waals surface area (Å²) in [7, 11) is 1.99. The number of anilines is 2. The molecule has 16 heavy (non-hydrogen) atoms. The zero-order valence-corrected chi connectivity index (χ0v) is 9.22. The number of aromatic nitrogens is 3. The van der Waals surface area contributed by atoms with Gasteiger partial charge < -0.3 is 15.6 Å². The SMILES string of the molecule is Cn1ccnc1CCNc1cc(N)ccn1. The molecular formula is C11H15N5. The summed E-state index contributed by atoms with van der Waals surface area (Å²) in [5.74, 6) is 1.85. The number of nitrogens with one attached hydrogen (secondary N) is 1. The van der Waals surface area contributed by atoms with Gasteiger partial charge in [0, 0.05) is 50.4 Å². The second-order valence-corrected chi connectivity index (χ2v) is 3.61. The van der Waals surface area contributed by atoms with Crippen molar-refractivity contribution in [1.29, 1.82) is 0 Å². The predicted octanol–water partition coefficient (Wildman–Crippen LogP) is 1.05. The first kappa shape index (κ1) is 10.5. The maximum atomic E-state index is 5.65. The van der Waals surface area contributed by atoms with E-state index in [0.717, 1.165) is 30.3 Å². The van der Waals surface area contributed by atoms with Gasteiger partial charge in [-0.15, -0.1) is 0 Å². The molecule has 0 aromatic carbocycles. The van der Waals surface area contributed by atoms with Crippen LogP contribution in [0.15, 0.2) is 30.7 Å². The van der Waals surface area contributed by atoms with Crippen LogP contribution in [0.2, 0.25) is 0 Å². The van der Waals surface area contributed by atoms with Crippen LogP contribution >= 0.6 is 0 Å². The second-order valence-electron chi connectivity index (χ2n) is 3.61. The van der Waals surface area contributed by atoms with Gasteiger partial charge in [0.15, 0.2) is 0 Å². The van der Waals surface area contributed by atoms with Crippen LogP contribution in [0.5, 0.6) is 0 Å². The Morgan fingerprint density at radius 2 is 2.25 bits per heavy atom. The quantitative estimate of drug-likeness (QED) is 0.803. The normalized spacial score (nSPS) is 10.3. The molecule has 2 aromatic heterocycles. The number of pyridine rings is 1. The lowest BCUT2D eigenvalue weighted by molar-refractivity contribution is 0.788. The number of rotatable bonds is 4.